The number of ether oxygens (including phenoxy) is 1. The maximum atomic E-state index is 12.9. The van der Waals surface area contributed by atoms with Crippen LogP contribution in [-0.4, -0.2) is 70.6 Å². The van der Waals surface area contributed by atoms with E-state index < -0.39 is 0 Å². The number of carbonyl (C=O) groups excluding carboxylic acids is 2. The van der Waals surface area contributed by atoms with Crippen LogP contribution in [0.5, 0.6) is 5.75 Å². The molecule has 2 aliphatic heterocycles. The van der Waals surface area contributed by atoms with E-state index in [1.165, 1.54) is 6.92 Å². The van der Waals surface area contributed by atoms with Crippen molar-refractivity contribution in [2.75, 3.05) is 44.6 Å². The summed E-state index contributed by atoms with van der Waals surface area (Å²) in [5, 5.41) is 4.99. The summed E-state index contributed by atoms with van der Waals surface area (Å²) in [5.74, 6) is 1.40. The normalized spacial score (nSPS) is 15.6. The highest BCUT2D eigenvalue weighted by Crippen LogP contribution is 2.36. The number of amides is 2. The van der Waals surface area contributed by atoms with Gasteiger partial charge in [0.2, 0.25) is 5.91 Å². The Balaban J connectivity index is 1.19. The van der Waals surface area contributed by atoms with Crippen molar-refractivity contribution in [3.63, 3.8) is 0 Å². The Morgan fingerprint density at radius 3 is 2.57 bits per heavy atom. The molecule has 0 radical (unpaired) electrons. The minimum Gasteiger partial charge on any atom is -0.492 e. The second-order valence-electron chi connectivity index (χ2n) is 9.28. The summed E-state index contributed by atoms with van der Waals surface area (Å²) < 4.78 is 8.08. The van der Waals surface area contributed by atoms with Crippen LogP contribution in [0.25, 0.3) is 28.1 Å². The first-order chi connectivity index (χ1) is 18.1. The second kappa shape index (κ2) is 9.68. The highest BCUT2D eigenvalue weighted by molar-refractivity contribution is 6.14. The highest BCUT2D eigenvalue weighted by atomic mass is 16.5. The van der Waals surface area contributed by atoms with Crippen LogP contribution in [0.4, 0.5) is 5.69 Å². The van der Waals surface area contributed by atoms with Crippen molar-refractivity contribution >= 4 is 28.5 Å². The molecule has 6 rings (SSSR count). The van der Waals surface area contributed by atoms with Crippen LogP contribution in [0, 0.1) is 0 Å². The number of nitrogens with zero attached hydrogens (tertiary/aromatic N) is 4. The van der Waals surface area contributed by atoms with Crippen molar-refractivity contribution in [1.82, 2.24) is 24.9 Å². The van der Waals surface area contributed by atoms with E-state index in [9.17, 15) is 9.59 Å². The number of carbonyl (C=O) groups is 2. The molecule has 188 valence electrons. The third kappa shape index (κ3) is 4.54. The smallest absolute Gasteiger partial charge is 0.257 e. The number of hydrogen-bond donors (Lipinski definition) is 2. The summed E-state index contributed by atoms with van der Waals surface area (Å²) >= 11 is 0. The molecule has 37 heavy (non-hydrogen) atoms. The Bertz CT molecular complexity index is 1470. The predicted molar refractivity (Wildman–Crippen MR) is 142 cm³/mol. The van der Waals surface area contributed by atoms with E-state index in [1.54, 1.807) is 0 Å². The summed E-state index contributed by atoms with van der Waals surface area (Å²) in [5.41, 5.74) is 7.61. The lowest BCUT2D eigenvalue weighted by molar-refractivity contribution is -0.124. The fourth-order valence-corrected chi connectivity index (χ4v) is 5.00. The van der Waals surface area contributed by atoms with Gasteiger partial charge >= 0.3 is 0 Å². The number of benzene rings is 3. The van der Waals surface area contributed by atoms with Gasteiger partial charge in [-0.2, -0.15) is 0 Å². The lowest BCUT2D eigenvalue weighted by atomic mass is 10.1. The minimum atomic E-state index is -0.136. The largest absolute Gasteiger partial charge is 0.492 e. The number of anilines is 1. The van der Waals surface area contributed by atoms with Gasteiger partial charge < -0.3 is 10.1 Å². The van der Waals surface area contributed by atoms with Gasteiger partial charge in [0, 0.05) is 45.2 Å². The third-order valence-electron chi connectivity index (χ3n) is 6.79. The van der Waals surface area contributed by atoms with Gasteiger partial charge in [0.25, 0.3) is 5.91 Å². The number of hydrazine groups is 1. The number of fused-ring (bicyclic) bond motifs is 2. The molecule has 2 aliphatic rings. The molecular weight excluding hydrogens is 468 g/mol. The molecule has 0 aliphatic carbocycles. The topological polar surface area (TPSA) is 91.7 Å². The molecule has 0 spiro atoms. The molecular formula is C28H28N6O3. The summed E-state index contributed by atoms with van der Waals surface area (Å²) in [6.07, 6.45) is 0. The molecule has 0 unspecified atom stereocenters. The predicted octanol–water partition coefficient (Wildman–Crippen LogP) is 3.31. The van der Waals surface area contributed by atoms with Crippen LogP contribution in [0.1, 0.15) is 17.3 Å². The van der Waals surface area contributed by atoms with E-state index in [-0.39, 0.29) is 11.8 Å². The number of nitrogens with one attached hydrogen (secondary N) is 2. The first-order valence-electron chi connectivity index (χ1n) is 12.5. The van der Waals surface area contributed by atoms with Crippen molar-refractivity contribution in [3.8, 4) is 22.8 Å². The summed E-state index contributed by atoms with van der Waals surface area (Å²) in [4.78, 5) is 31.4. The highest BCUT2D eigenvalue weighted by Gasteiger charge is 2.25. The van der Waals surface area contributed by atoms with Gasteiger partial charge in [-0.1, -0.05) is 18.2 Å². The molecule has 9 heteroatoms. The lowest BCUT2D eigenvalue weighted by Gasteiger charge is -2.34. The molecule has 1 aromatic heterocycles. The Morgan fingerprint density at radius 2 is 1.78 bits per heavy atom. The summed E-state index contributed by atoms with van der Waals surface area (Å²) in [7, 11) is 0. The minimum absolute atomic E-state index is 0.0293. The van der Waals surface area contributed by atoms with E-state index in [0.717, 1.165) is 72.3 Å². The summed E-state index contributed by atoms with van der Waals surface area (Å²) in [6, 6.07) is 21.4. The number of aromatic nitrogens is 2. The van der Waals surface area contributed by atoms with Gasteiger partial charge in [-0.3, -0.25) is 24.5 Å². The first-order valence-corrected chi connectivity index (χ1v) is 12.5. The fourth-order valence-electron chi connectivity index (χ4n) is 5.00. The zero-order valence-corrected chi connectivity index (χ0v) is 20.6. The standard InChI is InChI=1S/C28H28N6O3/c1-19(35)31-33-15-13-32(14-16-33)17-18-37-21-11-9-20(10-12-21)27-29-24-7-4-5-22-26(24)34(27)25-8-3-2-6-23(25)30-28(22)36/h2-12H,13-18H2,1H3,(H,30,36)(H,31,35). The van der Waals surface area contributed by atoms with Crippen molar-refractivity contribution in [2.24, 2.45) is 0 Å². The molecule has 2 amide bonds. The van der Waals surface area contributed by atoms with Gasteiger partial charge in [0.05, 0.1) is 28.0 Å². The van der Waals surface area contributed by atoms with Crippen LogP contribution < -0.4 is 15.5 Å². The van der Waals surface area contributed by atoms with Crippen molar-refractivity contribution < 1.29 is 14.3 Å². The maximum absolute atomic E-state index is 12.9. The molecule has 4 aromatic rings. The quantitative estimate of drug-likeness (QED) is 0.426. The molecule has 0 bridgehead atoms. The molecule has 0 atom stereocenters. The Kier molecular flexibility index (Phi) is 6.07. The number of para-hydroxylation sites is 3. The average molecular weight is 497 g/mol. The van der Waals surface area contributed by atoms with Crippen LogP contribution in [0.3, 0.4) is 0 Å². The number of rotatable bonds is 6. The maximum Gasteiger partial charge on any atom is 0.257 e. The first kappa shape index (κ1) is 23.2. The van der Waals surface area contributed by atoms with Gasteiger partial charge in [0.15, 0.2) is 0 Å². The molecule has 0 saturated carbocycles. The van der Waals surface area contributed by atoms with Crippen molar-refractivity contribution in [1.29, 1.82) is 0 Å². The average Bonchev–Trinajstić information content (AvgIpc) is 3.24. The molecule has 2 N–H and O–H groups in total. The molecule has 1 fully saturated rings. The van der Waals surface area contributed by atoms with Crippen LogP contribution >= 0.6 is 0 Å². The molecule has 3 heterocycles. The van der Waals surface area contributed by atoms with Crippen molar-refractivity contribution in [3.05, 3.63) is 72.3 Å². The molecule has 3 aromatic carbocycles. The van der Waals surface area contributed by atoms with Crippen LogP contribution in [-0.2, 0) is 4.79 Å². The number of piperazine rings is 1. The summed E-state index contributed by atoms with van der Waals surface area (Å²) in [6.45, 7) is 6.34. The molecule has 1 saturated heterocycles. The lowest BCUT2D eigenvalue weighted by Crippen LogP contribution is -2.53. The molecule has 9 nitrogen and oxygen atoms in total. The Hall–Kier alpha value is -4.21. The Labute approximate surface area is 214 Å². The van der Waals surface area contributed by atoms with Gasteiger partial charge in [-0.05, 0) is 48.5 Å². The third-order valence-corrected chi connectivity index (χ3v) is 6.79. The second-order valence-corrected chi connectivity index (χ2v) is 9.28. The van der Waals surface area contributed by atoms with Gasteiger partial charge in [-0.25, -0.2) is 9.99 Å². The zero-order chi connectivity index (χ0) is 25.4. The van der Waals surface area contributed by atoms with Gasteiger partial charge in [-0.15, -0.1) is 0 Å². The van der Waals surface area contributed by atoms with E-state index in [4.69, 9.17) is 9.72 Å². The van der Waals surface area contributed by atoms with Crippen LogP contribution in [0.15, 0.2) is 66.7 Å². The Morgan fingerprint density at radius 1 is 1.00 bits per heavy atom. The SMILES string of the molecule is CC(=O)NN1CCN(CCOc2ccc(-c3nc4cccc5c4n3-c3ccccc3NC5=O)cc2)CC1. The number of hydrogen-bond acceptors (Lipinski definition) is 6. The van der Waals surface area contributed by atoms with E-state index >= 15 is 0 Å². The van der Waals surface area contributed by atoms with Crippen molar-refractivity contribution in [2.45, 2.75) is 6.92 Å². The zero-order valence-electron chi connectivity index (χ0n) is 20.6. The van der Waals surface area contributed by atoms with Gasteiger partial charge in [0.1, 0.15) is 18.2 Å². The fraction of sp³-hybridized carbons (Fsp3) is 0.250. The van der Waals surface area contributed by atoms with E-state index in [0.29, 0.717) is 12.2 Å². The van der Waals surface area contributed by atoms with Crippen LogP contribution in [0.2, 0.25) is 0 Å². The van der Waals surface area contributed by atoms with E-state index in [1.807, 2.05) is 71.7 Å². The van der Waals surface area contributed by atoms with E-state index in [2.05, 4.69) is 20.2 Å². The number of imidazole rings is 1. The monoisotopic (exact) mass is 496 g/mol.